The molecule has 0 aromatic carbocycles. The van der Waals surface area contributed by atoms with Crippen molar-refractivity contribution < 1.29 is 0 Å². The fourth-order valence-corrected chi connectivity index (χ4v) is 3.77. The van der Waals surface area contributed by atoms with E-state index in [2.05, 4.69) is 25.6 Å². The van der Waals surface area contributed by atoms with Crippen LogP contribution in [0, 0.1) is 6.92 Å². The number of hydrogen-bond acceptors (Lipinski definition) is 1. The van der Waals surface area contributed by atoms with Gasteiger partial charge in [-0.3, -0.25) is 0 Å². The van der Waals surface area contributed by atoms with E-state index >= 15 is 0 Å². The van der Waals surface area contributed by atoms with Crippen LogP contribution in [0.25, 0.3) is 0 Å². The third kappa shape index (κ3) is 5.29. The van der Waals surface area contributed by atoms with E-state index in [1.165, 1.54) is 51.4 Å². The Morgan fingerprint density at radius 3 is 2.43 bits per heavy atom. The first-order chi connectivity index (χ1) is 6.83. The maximum atomic E-state index is 3.91. The fourth-order valence-electron chi connectivity index (χ4n) is 2.21. The highest BCUT2D eigenvalue weighted by molar-refractivity contribution is 8.00. The van der Waals surface area contributed by atoms with Crippen molar-refractivity contribution in [3.8, 4) is 0 Å². The molecule has 1 unspecified atom stereocenters. The molecule has 0 amide bonds. The van der Waals surface area contributed by atoms with Crippen molar-refractivity contribution in [3.63, 3.8) is 0 Å². The third-order valence-electron chi connectivity index (χ3n) is 3.09. The van der Waals surface area contributed by atoms with Gasteiger partial charge in [-0.1, -0.05) is 52.4 Å². The zero-order valence-corrected chi connectivity index (χ0v) is 10.5. The molecule has 1 radical (unpaired) electrons. The maximum absolute atomic E-state index is 3.91. The summed E-state index contributed by atoms with van der Waals surface area (Å²) in [5.74, 6) is 0. The Hall–Kier alpha value is 0.350. The molecule has 0 aromatic heterocycles. The van der Waals surface area contributed by atoms with Gasteiger partial charge in [-0.05, 0) is 19.3 Å². The van der Waals surface area contributed by atoms with Crippen molar-refractivity contribution in [3.05, 3.63) is 6.92 Å². The predicted molar refractivity (Wildman–Crippen MR) is 67.8 cm³/mol. The van der Waals surface area contributed by atoms with Gasteiger partial charge >= 0.3 is 0 Å². The Morgan fingerprint density at radius 1 is 1.21 bits per heavy atom. The summed E-state index contributed by atoms with van der Waals surface area (Å²) in [6.45, 7) is 6.30. The quantitative estimate of drug-likeness (QED) is 0.589. The predicted octanol–water partition coefficient (Wildman–Crippen LogP) is 4.84. The van der Waals surface area contributed by atoms with Crippen molar-refractivity contribution >= 4 is 11.8 Å². The molecule has 0 aromatic rings. The summed E-state index contributed by atoms with van der Waals surface area (Å²) in [6.07, 6.45) is 12.6. The highest BCUT2D eigenvalue weighted by atomic mass is 32.2. The molecule has 14 heavy (non-hydrogen) atoms. The van der Waals surface area contributed by atoms with Crippen molar-refractivity contribution in [1.82, 2.24) is 0 Å². The average Bonchev–Trinajstić information content (AvgIpc) is 2.43. The summed E-state index contributed by atoms with van der Waals surface area (Å²) >= 11 is 2.25. The van der Waals surface area contributed by atoms with E-state index in [-0.39, 0.29) is 0 Å². The number of unbranched alkanes of at least 4 members (excludes halogenated alkanes) is 1. The Morgan fingerprint density at radius 2 is 1.86 bits per heavy atom. The molecule has 83 valence electrons. The third-order valence-corrected chi connectivity index (χ3v) is 4.64. The van der Waals surface area contributed by atoms with Gasteiger partial charge in [0, 0.05) is 10.5 Å². The molecule has 0 nitrogen and oxygen atoms in total. The molecule has 1 saturated carbocycles. The number of hydrogen-bond donors (Lipinski definition) is 0. The lowest BCUT2D eigenvalue weighted by Gasteiger charge is -2.18. The van der Waals surface area contributed by atoms with Gasteiger partial charge in [-0.2, -0.15) is 11.8 Å². The minimum Gasteiger partial charge on any atom is -0.155 e. The van der Waals surface area contributed by atoms with Crippen LogP contribution in [-0.2, 0) is 0 Å². The molecule has 0 saturated heterocycles. The molecule has 1 aliphatic rings. The summed E-state index contributed by atoms with van der Waals surface area (Å²) in [7, 11) is 0. The average molecular weight is 213 g/mol. The molecule has 1 heteroatoms. The molecule has 0 bridgehead atoms. The second-order valence-electron chi connectivity index (χ2n) is 4.56. The van der Waals surface area contributed by atoms with E-state index in [4.69, 9.17) is 0 Å². The fraction of sp³-hybridized carbons (Fsp3) is 0.923. The first-order valence-corrected chi connectivity index (χ1v) is 7.22. The summed E-state index contributed by atoms with van der Waals surface area (Å²) < 4.78 is 0. The minimum absolute atomic E-state index is 0.861. The van der Waals surface area contributed by atoms with Gasteiger partial charge in [0.1, 0.15) is 0 Å². The van der Waals surface area contributed by atoms with Crippen LogP contribution < -0.4 is 0 Å². The largest absolute Gasteiger partial charge is 0.155 e. The Bertz CT molecular complexity index is 125. The SMILES string of the molecule is [CH2]CCCC(C)SC1CCCCCC1. The van der Waals surface area contributed by atoms with Crippen molar-refractivity contribution in [2.24, 2.45) is 0 Å². The molecule has 0 heterocycles. The van der Waals surface area contributed by atoms with Crippen LogP contribution >= 0.6 is 11.8 Å². The molecule has 1 atom stereocenters. The lowest BCUT2D eigenvalue weighted by Crippen LogP contribution is -2.07. The molecule has 0 spiro atoms. The lowest BCUT2D eigenvalue weighted by molar-refractivity contribution is 0.698. The van der Waals surface area contributed by atoms with Crippen LogP contribution in [0.2, 0.25) is 0 Å². The van der Waals surface area contributed by atoms with E-state index in [1.807, 2.05) is 0 Å². The zero-order chi connectivity index (χ0) is 10.2. The monoisotopic (exact) mass is 213 g/mol. The van der Waals surface area contributed by atoms with Crippen LogP contribution in [0.3, 0.4) is 0 Å². The van der Waals surface area contributed by atoms with E-state index in [0.29, 0.717) is 0 Å². The molecule has 1 aliphatic carbocycles. The van der Waals surface area contributed by atoms with Crippen LogP contribution in [-0.4, -0.2) is 10.5 Å². The van der Waals surface area contributed by atoms with Crippen molar-refractivity contribution in [2.45, 2.75) is 75.2 Å². The first-order valence-electron chi connectivity index (χ1n) is 6.27. The van der Waals surface area contributed by atoms with Gasteiger partial charge in [-0.25, -0.2) is 0 Å². The van der Waals surface area contributed by atoms with E-state index in [9.17, 15) is 0 Å². The van der Waals surface area contributed by atoms with Gasteiger partial charge in [-0.15, -0.1) is 0 Å². The normalized spacial score (nSPS) is 21.9. The van der Waals surface area contributed by atoms with E-state index in [1.54, 1.807) is 0 Å². The molecular weight excluding hydrogens is 188 g/mol. The van der Waals surface area contributed by atoms with Gasteiger partial charge < -0.3 is 0 Å². The molecule has 1 rings (SSSR count). The molecule has 0 aliphatic heterocycles. The Balaban J connectivity index is 2.13. The van der Waals surface area contributed by atoms with Crippen LogP contribution in [0.4, 0.5) is 0 Å². The Labute approximate surface area is 94.2 Å². The summed E-state index contributed by atoms with van der Waals surface area (Å²) in [5.41, 5.74) is 0. The van der Waals surface area contributed by atoms with Crippen LogP contribution in [0.5, 0.6) is 0 Å². The second kappa shape index (κ2) is 7.62. The van der Waals surface area contributed by atoms with E-state index in [0.717, 1.165) is 16.9 Å². The highest BCUT2D eigenvalue weighted by Crippen LogP contribution is 2.31. The standard InChI is InChI=1S/C13H25S/c1-3-4-9-12(2)14-13-10-7-5-6-8-11-13/h12-13H,1,3-11H2,2H3. The topological polar surface area (TPSA) is 0 Å². The molecule has 1 fully saturated rings. The Kier molecular flexibility index (Phi) is 6.76. The smallest absolute Gasteiger partial charge is 0.00497 e. The van der Waals surface area contributed by atoms with Gasteiger partial charge in [0.05, 0.1) is 0 Å². The van der Waals surface area contributed by atoms with Crippen LogP contribution in [0.1, 0.15) is 64.7 Å². The van der Waals surface area contributed by atoms with Gasteiger partial charge in [0.15, 0.2) is 0 Å². The summed E-state index contributed by atoms with van der Waals surface area (Å²) in [6, 6.07) is 0. The summed E-state index contributed by atoms with van der Waals surface area (Å²) in [5, 5.41) is 1.83. The van der Waals surface area contributed by atoms with Crippen LogP contribution in [0.15, 0.2) is 0 Å². The number of rotatable bonds is 5. The first kappa shape index (κ1) is 12.4. The minimum atomic E-state index is 0.861. The second-order valence-corrected chi connectivity index (χ2v) is 6.30. The summed E-state index contributed by atoms with van der Waals surface area (Å²) in [4.78, 5) is 0. The lowest BCUT2D eigenvalue weighted by atomic mass is 10.2. The highest BCUT2D eigenvalue weighted by Gasteiger charge is 2.15. The van der Waals surface area contributed by atoms with Gasteiger partial charge in [0.2, 0.25) is 0 Å². The maximum Gasteiger partial charge on any atom is 0.00497 e. The van der Waals surface area contributed by atoms with Gasteiger partial charge in [0.25, 0.3) is 0 Å². The number of thioether (sulfide) groups is 1. The molecule has 0 N–H and O–H groups in total. The van der Waals surface area contributed by atoms with Crippen molar-refractivity contribution in [2.75, 3.05) is 0 Å². The zero-order valence-electron chi connectivity index (χ0n) is 9.63. The van der Waals surface area contributed by atoms with Crippen molar-refractivity contribution in [1.29, 1.82) is 0 Å². The molecular formula is C13H25S. The van der Waals surface area contributed by atoms with E-state index < -0.39 is 0 Å².